The largest absolute Gasteiger partial charge is 0.235 e. The summed E-state index contributed by atoms with van der Waals surface area (Å²) in [6.07, 6.45) is 0. The van der Waals surface area contributed by atoms with E-state index in [0.717, 1.165) is 10.5 Å². The highest BCUT2D eigenvalue weighted by atomic mass is 32.1. The second kappa shape index (κ2) is 6.99. The highest BCUT2D eigenvalue weighted by Crippen LogP contribution is 2.41. The Morgan fingerprint density at radius 3 is 2.31 bits per heavy atom. The van der Waals surface area contributed by atoms with E-state index in [-0.39, 0.29) is 0 Å². The average Bonchev–Trinajstić information content (AvgIpc) is 3.46. The standard InChI is InChI=1S/C29H17NS2/c1-2-7-18(8-3-1)29-30-27-21-15-13-20(17-19(21)14-16-26(27)32-29)22-10-6-11-24-23-9-4-5-12-25(23)31-28(22)24/h1-17H. The number of hydrogen-bond acceptors (Lipinski definition) is 3. The summed E-state index contributed by atoms with van der Waals surface area (Å²) in [7, 11) is 0. The van der Waals surface area contributed by atoms with Crippen LogP contribution >= 0.6 is 22.7 Å². The van der Waals surface area contributed by atoms with Crippen LogP contribution in [0.15, 0.2) is 103 Å². The van der Waals surface area contributed by atoms with E-state index in [1.807, 2.05) is 17.4 Å². The van der Waals surface area contributed by atoms with Gasteiger partial charge in [-0.2, -0.15) is 0 Å². The second-order valence-corrected chi connectivity index (χ2v) is 10.1. The summed E-state index contributed by atoms with van der Waals surface area (Å²) in [4.78, 5) is 5.01. The SMILES string of the molecule is c1ccc(-c2nc3c(ccc4cc(-c5cccc6c5sc5ccccc56)ccc43)s2)cc1. The van der Waals surface area contributed by atoms with E-state index in [1.54, 1.807) is 11.3 Å². The zero-order valence-electron chi connectivity index (χ0n) is 17.1. The molecule has 0 amide bonds. The Kier molecular flexibility index (Phi) is 3.95. The molecule has 0 radical (unpaired) electrons. The lowest BCUT2D eigenvalue weighted by molar-refractivity contribution is 1.49. The van der Waals surface area contributed by atoms with Crippen LogP contribution in [0.3, 0.4) is 0 Å². The van der Waals surface area contributed by atoms with Gasteiger partial charge in [0.25, 0.3) is 0 Å². The van der Waals surface area contributed by atoms with Gasteiger partial charge in [-0.05, 0) is 34.7 Å². The number of aromatic nitrogens is 1. The zero-order chi connectivity index (χ0) is 21.1. The van der Waals surface area contributed by atoms with Crippen molar-refractivity contribution in [2.24, 2.45) is 0 Å². The molecule has 0 aliphatic rings. The Balaban J connectivity index is 1.42. The van der Waals surface area contributed by atoms with Crippen molar-refractivity contribution in [2.75, 3.05) is 0 Å². The molecule has 0 fully saturated rings. The van der Waals surface area contributed by atoms with Gasteiger partial charge in [-0.1, -0.05) is 84.9 Å². The summed E-state index contributed by atoms with van der Waals surface area (Å²) < 4.78 is 3.93. The van der Waals surface area contributed by atoms with E-state index in [4.69, 9.17) is 4.98 Å². The number of benzene rings is 5. The molecule has 2 heterocycles. The van der Waals surface area contributed by atoms with Gasteiger partial charge in [0, 0.05) is 31.1 Å². The second-order valence-electron chi connectivity index (χ2n) is 8.01. The molecule has 2 aromatic heterocycles. The predicted molar refractivity (Wildman–Crippen MR) is 141 cm³/mol. The third kappa shape index (κ3) is 2.72. The Morgan fingerprint density at radius 2 is 1.38 bits per heavy atom. The summed E-state index contributed by atoms with van der Waals surface area (Å²) in [5, 5.41) is 6.21. The molecule has 0 spiro atoms. The Bertz CT molecular complexity index is 1770. The van der Waals surface area contributed by atoms with E-state index in [0.29, 0.717) is 0 Å². The molecule has 5 aromatic carbocycles. The number of thiazole rings is 1. The number of nitrogens with zero attached hydrogens (tertiary/aromatic N) is 1. The lowest BCUT2D eigenvalue weighted by Crippen LogP contribution is -1.81. The summed E-state index contributed by atoms with van der Waals surface area (Å²) >= 11 is 3.64. The number of fused-ring (bicyclic) bond motifs is 6. The number of thiophene rings is 1. The fourth-order valence-corrected chi connectivity index (χ4v) is 6.79. The van der Waals surface area contributed by atoms with Crippen LogP contribution in [0.1, 0.15) is 0 Å². The van der Waals surface area contributed by atoms with Crippen LogP contribution in [0.5, 0.6) is 0 Å². The minimum Gasteiger partial charge on any atom is -0.235 e. The van der Waals surface area contributed by atoms with Gasteiger partial charge in [0.05, 0.1) is 10.2 Å². The van der Waals surface area contributed by atoms with Gasteiger partial charge in [0.1, 0.15) is 5.01 Å². The molecule has 0 unspecified atom stereocenters. The van der Waals surface area contributed by atoms with Gasteiger partial charge in [-0.25, -0.2) is 4.98 Å². The van der Waals surface area contributed by atoms with Crippen molar-refractivity contribution in [1.29, 1.82) is 0 Å². The van der Waals surface area contributed by atoms with E-state index in [1.165, 1.54) is 52.3 Å². The lowest BCUT2D eigenvalue weighted by atomic mass is 9.99. The fourth-order valence-electron chi connectivity index (χ4n) is 4.57. The summed E-state index contributed by atoms with van der Waals surface area (Å²) in [5.41, 5.74) is 4.83. The van der Waals surface area contributed by atoms with Crippen LogP contribution < -0.4 is 0 Å². The zero-order valence-corrected chi connectivity index (χ0v) is 18.7. The maximum Gasteiger partial charge on any atom is 0.124 e. The van der Waals surface area contributed by atoms with Crippen molar-refractivity contribution in [3.05, 3.63) is 103 Å². The van der Waals surface area contributed by atoms with Crippen LogP contribution in [0.4, 0.5) is 0 Å². The lowest BCUT2D eigenvalue weighted by Gasteiger charge is -2.06. The van der Waals surface area contributed by atoms with Crippen LogP contribution in [-0.4, -0.2) is 4.98 Å². The molecule has 0 aliphatic carbocycles. The quantitative estimate of drug-likeness (QED) is 0.259. The van der Waals surface area contributed by atoms with Crippen LogP contribution in [-0.2, 0) is 0 Å². The topological polar surface area (TPSA) is 12.9 Å². The van der Waals surface area contributed by atoms with Gasteiger partial charge in [-0.15, -0.1) is 22.7 Å². The van der Waals surface area contributed by atoms with Gasteiger partial charge in [-0.3, -0.25) is 0 Å². The van der Waals surface area contributed by atoms with E-state index in [2.05, 4.69) is 97.1 Å². The maximum atomic E-state index is 5.01. The molecule has 0 saturated carbocycles. The molecule has 1 nitrogen and oxygen atoms in total. The Labute approximate surface area is 193 Å². The van der Waals surface area contributed by atoms with Crippen LogP contribution in [0, 0.1) is 0 Å². The van der Waals surface area contributed by atoms with E-state index >= 15 is 0 Å². The highest BCUT2D eigenvalue weighted by Gasteiger charge is 2.13. The minimum atomic E-state index is 1.08. The molecule has 0 N–H and O–H groups in total. The highest BCUT2D eigenvalue weighted by molar-refractivity contribution is 7.26. The fraction of sp³-hybridized carbons (Fsp3) is 0. The van der Waals surface area contributed by atoms with Gasteiger partial charge in [0.15, 0.2) is 0 Å². The first-order chi connectivity index (χ1) is 15.8. The van der Waals surface area contributed by atoms with Crippen molar-refractivity contribution in [3.8, 4) is 21.7 Å². The number of hydrogen-bond donors (Lipinski definition) is 0. The van der Waals surface area contributed by atoms with Crippen molar-refractivity contribution >= 4 is 63.8 Å². The first kappa shape index (κ1) is 18.1. The average molecular weight is 444 g/mol. The van der Waals surface area contributed by atoms with Crippen molar-refractivity contribution in [1.82, 2.24) is 4.98 Å². The van der Waals surface area contributed by atoms with Gasteiger partial charge < -0.3 is 0 Å². The molecular formula is C29H17NS2. The van der Waals surface area contributed by atoms with Crippen LogP contribution in [0.2, 0.25) is 0 Å². The van der Waals surface area contributed by atoms with Crippen molar-refractivity contribution in [3.63, 3.8) is 0 Å². The minimum absolute atomic E-state index is 1.08. The molecule has 0 bridgehead atoms. The first-order valence-corrected chi connectivity index (χ1v) is 12.3. The monoisotopic (exact) mass is 443 g/mol. The van der Waals surface area contributed by atoms with Gasteiger partial charge in [0.2, 0.25) is 0 Å². The summed E-state index contributed by atoms with van der Waals surface area (Å²) in [6.45, 7) is 0. The molecule has 7 rings (SSSR count). The molecule has 32 heavy (non-hydrogen) atoms. The summed E-state index contributed by atoms with van der Waals surface area (Å²) in [5.74, 6) is 0. The third-order valence-electron chi connectivity index (χ3n) is 6.11. The van der Waals surface area contributed by atoms with Gasteiger partial charge >= 0.3 is 0 Å². The first-order valence-electron chi connectivity index (χ1n) is 10.6. The molecule has 3 heteroatoms. The predicted octanol–water partition coefficient (Wildman–Crippen LogP) is 9.15. The molecule has 150 valence electrons. The summed E-state index contributed by atoms with van der Waals surface area (Å²) in [6, 6.07) is 37.0. The maximum absolute atomic E-state index is 5.01. The molecule has 0 atom stereocenters. The van der Waals surface area contributed by atoms with E-state index < -0.39 is 0 Å². The molecule has 0 aliphatic heterocycles. The molecule has 7 aromatic rings. The van der Waals surface area contributed by atoms with Crippen molar-refractivity contribution < 1.29 is 0 Å². The Hall–Kier alpha value is -3.53. The van der Waals surface area contributed by atoms with Crippen LogP contribution in [0.25, 0.3) is 62.9 Å². The normalized spacial score (nSPS) is 11.8. The van der Waals surface area contributed by atoms with E-state index in [9.17, 15) is 0 Å². The number of rotatable bonds is 2. The Morgan fingerprint density at radius 1 is 0.531 bits per heavy atom. The smallest absolute Gasteiger partial charge is 0.124 e. The molecular weight excluding hydrogens is 426 g/mol. The molecule has 0 saturated heterocycles. The third-order valence-corrected chi connectivity index (χ3v) is 8.40. The van der Waals surface area contributed by atoms with Crippen molar-refractivity contribution in [2.45, 2.75) is 0 Å².